The summed E-state index contributed by atoms with van der Waals surface area (Å²) in [7, 11) is 1.67. The number of carbonyl (C=O) groups is 2. The van der Waals surface area contributed by atoms with Crippen LogP contribution in [0.1, 0.15) is 52.8 Å². The number of halogens is 1. The van der Waals surface area contributed by atoms with E-state index in [1.165, 1.54) is 18.2 Å². The minimum atomic E-state index is -1.47. The van der Waals surface area contributed by atoms with Gasteiger partial charge in [-0.2, -0.15) is 0 Å². The summed E-state index contributed by atoms with van der Waals surface area (Å²) in [5.41, 5.74) is 2.06. The number of nitrogens with zero attached hydrogens (tertiary/aromatic N) is 1. The highest BCUT2D eigenvalue weighted by Gasteiger charge is 2.29. The molecule has 0 radical (unpaired) electrons. The summed E-state index contributed by atoms with van der Waals surface area (Å²) in [6.45, 7) is 8.66. The first kappa shape index (κ1) is 23.6. The standard InChI is InChI=1S/C22H30FN3O4/c1-12-9-15(7-8-16(12)23)25-20(29)17-13(2)18(26(6)14(17)3)19(28)21(30)24-10-22(4,5)11-27/h7-9,19,27-28H,10-11H2,1-6H3,(H,24,30)(H,25,29). The van der Waals surface area contributed by atoms with Gasteiger partial charge in [-0.3, -0.25) is 9.59 Å². The number of nitrogens with one attached hydrogen (secondary N) is 2. The fourth-order valence-electron chi connectivity index (χ4n) is 3.24. The fourth-order valence-corrected chi connectivity index (χ4v) is 3.24. The lowest BCUT2D eigenvalue weighted by atomic mass is 9.95. The van der Waals surface area contributed by atoms with Crippen LogP contribution in [0, 0.1) is 32.0 Å². The topological polar surface area (TPSA) is 104 Å². The van der Waals surface area contributed by atoms with Crippen molar-refractivity contribution in [2.24, 2.45) is 12.5 Å². The average molecular weight is 419 g/mol. The zero-order valence-corrected chi connectivity index (χ0v) is 18.3. The van der Waals surface area contributed by atoms with Gasteiger partial charge in [-0.15, -0.1) is 0 Å². The van der Waals surface area contributed by atoms with E-state index in [1.54, 1.807) is 46.2 Å². The first-order chi connectivity index (χ1) is 13.9. The summed E-state index contributed by atoms with van der Waals surface area (Å²) in [5, 5.41) is 25.3. The Morgan fingerprint density at radius 2 is 1.87 bits per heavy atom. The first-order valence-electron chi connectivity index (χ1n) is 9.69. The quantitative estimate of drug-likeness (QED) is 0.554. The molecule has 8 heteroatoms. The van der Waals surface area contributed by atoms with Crippen molar-refractivity contribution in [3.8, 4) is 0 Å². The second-order valence-corrected chi connectivity index (χ2v) is 8.39. The van der Waals surface area contributed by atoms with Gasteiger partial charge in [0.15, 0.2) is 6.10 Å². The number of amides is 2. The summed E-state index contributed by atoms with van der Waals surface area (Å²) >= 11 is 0. The van der Waals surface area contributed by atoms with Gasteiger partial charge in [-0.25, -0.2) is 4.39 Å². The van der Waals surface area contributed by atoms with Crippen LogP contribution in [0.5, 0.6) is 0 Å². The molecule has 1 atom stereocenters. The largest absolute Gasteiger partial charge is 0.396 e. The molecule has 0 aliphatic rings. The van der Waals surface area contributed by atoms with Crippen LogP contribution in [0.2, 0.25) is 0 Å². The zero-order chi connectivity index (χ0) is 22.8. The third-order valence-corrected chi connectivity index (χ3v) is 5.30. The molecule has 0 saturated carbocycles. The van der Waals surface area contributed by atoms with Gasteiger partial charge in [0.05, 0.1) is 11.3 Å². The van der Waals surface area contributed by atoms with Gasteiger partial charge in [-0.05, 0) is 50.1 Å². The second kappa shape index (κ2) is 8.97. The third-order valence-electron chi connectivity index (χ3n) is 5.30. The Morgan fingerprint density at radius 3 is 2.43 bits per heavy atom. The number of aryl methyl sites for hydroxylation is 1. The molecule has 1 aromatic heterocycles. The summed E-state index contributed by atoms with van der Waals surface area (Å²) in [6.07, 6.45) is -1.47. The van der Waals surface area contributed by atoms with Crippen molar-refractivity contribution in [2.45, 2.75) is 40.7 Å². The van der Waals surface area contributed by atoms with Crippen LogP contribution in [0.4, 0.5) is 10.1 Å². The molecule has 1 aromatic carbocycles. The van der Waals surface area contributed by atoms with Crippen LogP contribution >= 0.6 is 0 Å². The van der Waals surface area contributed by atoms with Crippen molar-refractivity contribution in [1.82, 2.24) is 9.88 Å². The van der Waals surface area contributed by atoms with Crippen molar-refractivity contribution in [3.63, 3.8) is 0 Å². The Morgan fingerprint density at radius 1 is 1.23 bits per heavy atom. The van der Waals surface area contributed by atoms with E-state index in [1.807, 2.05) is 0 Å². The Bertz CT molecular complexity index is 966. The second-order valence-electron chi connectivity index (χ2n) is 8.39. The van der Waals surface area contributed by atoms with Gasteiger partial charge in [0.2, 0.25) is 0 Å². The Labute approximate surface area is 175 Å². The maximum Gasteiger partial charge on any atom is 0.257 e. The lowest BCUT2D eigenvalue weighted by molar-refractivity contribution is -0.130. The highest BCUT2D eigenvalue weighted by molar-refractivity contribution is 6.06. The van der Waals surface area contributed by atoms with E-state index in [2.05, 4.69) is 10.6 Å². The van der Waals surface area contributed by atoms with Crippen molar-refractivity contribution < 1.29 is 24.2 Å². The van der Waals surface area contributed by atoms with E-state index in [-0.39, 0.29) is 19.0 Å². The minimum Gasteiger partial charge on any atom is -0.396 e. The Balaban J connectivity index is 2.28. The summed E-state index contributed by atoms with van der Waals surface area (Å²) in [6, 6.07) is 4.29. The number of hydrogen-bond donors (Lipinski definition) is 4. The number of benzene rings is 1. The van der Waals surface area contributed by atoms with Crippen molar-refractivity contribution in [3.05, 3.63) is 52.1 Å². The third kappa shape index (κ3) is 4.88. The molecule has 164 valence electrons. The predicted octanol–water partition coefficient (Wildman–Crippen LogP) is 2.51. The van der Waals surface area contributed by atoms with Gasteiger partial charge in [0, 0.05) is 37.0 Å². The summed E-state index contributed by atoms with van der Waals surface area (Å²) in [4.78, 5) is 25.3. The molecule has 0 bridgehead atoms. The maximum atomic E-state index is 13.5. The number of aromatic nitrogens is 1. The molecule has 2 rings (SSSR count). The normalized spacial score (nSPS) is 12.6. The Kier molecular flexibility index (Phi) is 7.05. The molecule has 0 spiro atoms. The molecule has 2 aromatic rings. The van der Waals surface area contributed by atoms with Crippen molar-refractivity contribution in [2.75, 3.05) is 18.5 Å². The van der Waals surface area contributed by atoms with Crippen LogP contribution in [-0.2, 0) is 11.8 Å². The van der Waals surface area contributed by atoms with Crippen LogP contribution in [-0.4, -0.2) is 39.7 Å². The number of aliphatic hydroxyl groups is 2. The highest BCUT2D eigenvalue weighted by atomic mass is 19.1. The molecule has 2 amide bonds. The number of rotatable bonds is 7. The molecule has 1 heterocycles. The molecular formula is C22H30FN3O4. The van der Waals surface area contributed by atoms with E-state index in [9.17, 15) is 24.2 Å². The maximum absolute atomic E-state index is 13.5. The Hall–Kier alpha value is -2.71. The molecular weight excluding hydrogens is 389 g/mol. The van der Waals surface area contributed by atoms with Gasteiger partial charge in [0.25, 0.3) is 11.8 Å². The van der Waals surface area contributed by atoms with Crippen molar-refractivity contribution >= 4 is 17.5 Å². The average Bonchev–Trinajstić information content (AvgIpc) is 2.91. The zero-order valence-electron chi connectivity index (χ0n) is 18.3. The smallest absolute Gasteiger partial charge is 0.257 e. The van der Waals surface area contributed by atoms with E-state index in [0.717, 1.165) is 0 Å². The van der Waals surface area contributed by atoms with Gasteiger partial charge < -0.3 is 25.4 Å². The molecule has 0 saturated heterocycles. The van der Waals surface area contributed by atoms with Crippen molar-refractivity contribution in [1.29, 1.82) is 0 Å². The van der Waals surface area contributed by atoms with Crippen LogP contribution in [0.3, 0.4) is 0 Å². The molecule has 1 unspecified atom stereocenters. The SMILES string of the molecule is Cc1cc(NC(=O)c2c(C)c(C(O)C(=O)NCC(C)(C)CO)n(C)c2C)ccc1F. The van der Waals surface area contributed by atoms with Gasteiger partial charge in [0.1, 0.15) is 5.82 Å². The predicted molar refractivity (Wildman–Crippen MR) is 113 cm³/mol. The van der Waals surface area contributed by atoms with E-state index < -0.39 is 23.3 Å². The monoisotopic (exact) mass is 419 g/mol. The molecule has 0 aliphatic carbocycles. The van der Waals surface area contributed by atoms with Gasteiger partial charge >= 0.3 is 0 Å². The molecule has 7 nitrogen and oxygen atoms in total. The fraction of sp³-hybridized carbons (Fsp3) is 0.455. The van der Waals surface area contributed by atoms with Gasteiger partial charge in [-0.1, -0.05) is 13.8 Å². The summed E-state index contributed by atoms with van der Waals surface area (Å²) < 4.78 is 15.1. The molecule has 0 aliphatic heterocycles. The number of carbonyl (C=O) groups excluding carboxylic acids is 2. The summed E-state index contributed by atoms with van der Waals surface area (Å²) in [5.74, 6) is -1.38. The lowest BCUT2D eigenvalue weighted by Gasteiger charge is -2.23. The number of hydrogen-bond acceptors (Lipinski definition) is 4. The number of aliphatic hydroxyl groups excluding tert-OH is 2. The van der Waals surface area contributed by atoms with E-state index >= 15 is 0 Å². The minimum absolute atomic E-state index is 0.112. The first-order valence-corrected chi connectivity index (χ1v) is 9.69. The van der Waals surface area contributed by atoms with Crippen LogP contribution < -0.4 is 10.6 Å². The molecule has 30 heavy (non-hydrogen) atoms. The highest BCUT2D eigenvalue weighted by Crippen LogP contribution is 2.28. The molecule has 4 N–H and O–H groups in total. The van der Waals surface area contributed by atoms with E-state index in [0.29, 0.717) is 33.8 Å². The van der Waals surface area contributed by atoms with E-state index in [4.69, 9.17) is 0 Å². The van der Waals surface area contributed by atoms with Crippen LogP contribution in [0.25, 0.3) is 0 Å². The van der Waals surface area contributed by atoms with Crippen LogP contribution in [0.15, 0.2) is 18.2 Å². The number of anilines is 1. The molecule has 0 fully saturated rings. The lowest BCUT2D eigenvalue weighted by Crippen LogP contribution is -2.39.